The van der Waals surface area contributed by atoms with Gasteiger partial charge in [0.25, 0.3) is 5.91 Å². The summed E-state index contributed by atoms with van der Waals surface area (Å²) in [7, 11) is 3.05. The molecule has 0 aromatic heterocycles. The molecule has 1 atom stereocenters. The zero-order valence-corrected chi connectivity index (χ0v) is 18.3. The van der Waals surface area contributed by atoms with Crippen molar-refractivity contribution in [3.8, 4) is 11.5 Å². The molecule has 160 valence electrons. The van der Waals surface area contributed by atoms with E-state index < -0.39 is 11.3 Å². The monoisotopic (exact) mass is 432 g/mol. The van der Waals surface area contributed by atoms with Gasteiger partial charge in [0, 0.05) is 11.8 Å². The van der Waals surface area contributed by atoms with E-state index in [0.717, 1.165) is 0 Å². The average Bonchev–Trinajstić information content (AvgIpc) is 3.20. The number of carbonyl (C=O) groups excluding carboxylic acids is 3. The van der Waals surface area contributed by atoms with Gasteiger partial charge in [0.2, 0.25) is 0 Å². The van der Waals surface area contributed by atoms with Gasteiger partial charge in [-0.15, -0.1) is 11.8 Å². The molecule has 2 aliphatic rings. The highest BCUT2D eigenvalue weighted by Gasteiger charge is 2.49. The van der Waals surface area contributed by atoms with Crippen molar-refractivity contribution in [2.45, 2.75) is 25.5 Å². The van der Waals surface area contributed by atoms with Gasteiger partial charge in [0.1, 0.15) is 5.71 Å². The van der Waals surface area contributed by atoms with Gasteiger partial charge >= 0.3 is 11.9 Å². The minimum atomic E-state index is -0.483. The Bertz CT molecular complexity index is 925. The van der Waals surface area contributed by atoms with Crippen molar-refractivity contribution in [2.24, 2.45) is 5.92 Å². The van der Waals surface area contributed by atoms with Gasteiger partial charge < -0.3 is 14.8 Å². The summed E-state index contributed by atoms with van der Waals surface area (Å²) < 4.78 is 11.8. The number of fused-ring (bicyclic) bond motifs is 1. The number of allylic oxidation sites excluding steroid dienone is 1. The van der Waals surface area contributed by atoms with Gasteiger partial charge in [-0.25, -0.2) is 4.79 Å². The highest BCUT2D eigenvalue weighted by molar-refractivity contribution is 8.04. The Hall–Kier alpha value is -2.81. The predicted molar refractivity (Wildman–Crippen MR) is 115 cm³/mol. The summed E-state index contributed by atoms with van der Waals surface area (Å²) in [5.74, 6) is 0.798. The van der Waals surface area contributed by atoms with E-state index in [1.165, 1.54) is 35.5 Å². The molecule has 0 bridgehead atoms. The Labute approximate surface area is 179 Å². The molecule has 1 aromatic carbocycles. The lowest BCUT2D eigenvalue weighted by Crippen LogP contribution is -2.56. The first-order valence-corrected chi connectivity index (χ1v) is 10.6. The summed E-state index contributed by atoms with van der Waals surface area (Å²) in [4.78, 5) is 39.7. The van der Waals surface area contributed by atoms with Crippen LogP contribution in [0.5, 0.6) is 11.5 Å². The van der Waals surface area contributed by atoms with Gasteiger partial charge in [-0.1, -0.05) is 13.8 Å². The maximum atomic E-state index is 13.0. The number of methoxy groups -OCH3 is 2. The molecular weight excluding hydrogens is 406 g/mol. The smallest absolute Gasteiger partial charge is 0.493 e. The zero-order chi connectivity index (χ0) is 21.8. The molecule has 4 amide bonds. The number of carbonyl (C=O) groups is 3. The highest BCUT2D eigenvalue weighted by atomic mass is 32.2. The van der Waals surface area contributed by atoms with E-state index >= 15 is 0 Å². The number of urea groups is 1. The van der Waals surface area contributed by atoms with Gasteiger partial charge in [0.05, 0.1) is 20.8 Å². The number of anilines is 1. The quantitative estimate of drug-likeness (QED) is 0.636. The van der Waals surface area contributed by atoms with Crippen LogP contribution >= 0.6 is 11.8 Å². The maximum absolute atomic E-state index is 13.0. The average molecular weight is 433 g/mol. The number of hydrogen-bond donors (Lipinski definition) is 1. The SMILES string of the molecule is COc1ccc(NC(=O)C[N+]2=C3C=CSC3C(=O)N(CCC(C)C)C2=O)cc1OC. The van der Waals surface area contributed by atoms with E-state index in [-0.39, 0.29) is 18.4 Å². The molecule has 1 unspecified atom stereocenters. The molecule has 9 heteroatoms. The first-order valence-electron chi connectivity index (χ1n) is 9.69. The Morgan fingerprint density at radius 3 is 2.63 bits per heavy atom. The Morgan fingerprint density at radius 2 is 1.97 bits per heavy atom. The first kappa shape index (κ1) is 21.9. The van der Waals surface area contributed by atoms with Gasteiger partial charge in [-0.3, -0.25) is 4.79 Å². The molecular formula is C21H26N3O5S+. The van der Waals surface area contributed by atoms with E-state index in [1.54, 1.807) is 29.7 Å². The fourth-order valence-corrected chi connectivity index (χ4v) is 4.23. The zero-order valence-electron chi connectivity index (χ0n) is 17.5. The third kappa shape index (κ3) is 4.51. The fraction of sp³-hybridized carbons (Fsp3) is 0.429. The second kappa shape index (κ2) is 9.34. The topological polar surface area (TPSA) is 88.0 Å². The minimum Gasteiger partial charge on any atom is -0.493 e. The number of ether oxygens (including phenoxy) is 2. The molecule has 0 fully saturated rings. The molecule has 0 radical (unpaired) electrons. The van der Waals surface area contributed by atoms with Gasteiger partial charge in [0.15, 0.2) is 23.3 Å². The lowest BCUT2D eigenvalue weighted by molar-refractivity contribution is -0.425. The second-order valence-corrected chi connectivity index (χ2v) is 8.42. The van der Waals surface area contributed by atoms with Crippen LogP contribution in [-0.4, -0.2) is 65.6 Å². The largest absolute Gasteiger partial charge is 0.501 e. The van der Waals surface area contributed by atoms with Crippen LogP contribution in [0.2, 0.25) is 0 Å². The Balaban J connectivity index is 1.79. The van der Waals surface area contributed by atoms with E-state index in [9.17, 15) is 14.4 Å². The number of thioether (sulfide) groups is 1. The van der Waals surface area contributed by atoms with Crippen LogP contribution in [0.3, 0.4) is 0 Å². The number of hydrogen-bond acceptors (Lipinski definition) is 6. The summed E-state index contributed by atoms with van der Waals surface area (Å²) >= 11 is 1.35. The van der Waals surface area contributed by atoms with Crippen LogP contribution in [0, 0.1) is 5.92 Å². The molecule has 2 heterocycles. The number of rotatable bonds is 8. The van der Waals surface area contributed by atoms with Crippen molar-refractivity contribution in [3.05, 3.63) is 29.7 Å². The van der Waals surface area contributed by atoms with Crippen LogP contribution in [0.25, 0.3) is 0 Å². The fourth-order valence-electron chi connectivity index (χ4n) is 3.26. The summed E-state index contributed by atoms with van der Waals surface area (Å²) in [6.45, 7) is 4.23. The number of nitrogens with zero attached hydrogens (tertiary/aromatic N) is 2. The normalized spacial score (nSPS) is 18.2. The second-order valence-electron chi connectivity index (χ2n) is 7.40. The third-order valence-electron chi connectivity index (χ3n) is 4.88. The molecule has 2 aliphatic heterocycles. The third-order valence-corrected chi connectivity index (χ3v) is 5.89. The Morgan fingerprint density at radius 1 is 1.23 bits per heavy atom. The molecule has 0 saturated carbocycles. The number of benzene rings is 1. The Kier molecular flexibility index (Phi) is 6.81. The van der Waals surface area contributed by atoms with Crippen molar-refractivity contribution in [1.82, 2.24) is 4.90 Å². The van der Waals surface area contributed by atoms with E-state index in [2.05, 4.69) is 5.32 Å². The van der Waals surface area contributed by atoms with Crippen molar-refractivity contribution in [1.29, 1.82) is 0 Å². The summed E-state index contributed by atoms with van der Waals surface area (Å²) in [6, 6.07) is 4.57. The predicted octanol–water partition coefficient (Wildman–Crippen LogP) is 2.73. The molecule has 1 N–H and O–H groups in total. The molecule has 0 spiro atoms. The molecule has 1 aromatic rings. The standard InChI is InChI=1S/C21H25N3O5S/c1-13(2)7-9-23-20(26)19-15(8-10-30-19)24(21(23)27)12-18(25)22-14-5-6-16(28-3)17(11-14)29-4/h5-6,8,10-11,13,19H,7,9,12H2,1-4H3/p+1. The number of amides is 4. The summed E-state index contributed by atoms with van der Waals surface area (Å²) in [5.41, 5.74) is 1.07. The van der Waals surface area contributed by atoms with Gasteiger partial charge in [-0.2, -0.15) is 14.3 Å². The highest BCUT2D eigenvalue weighted by Crippen LogP contribution is 2.30. The molecule has 0 aliphatic carbocycles. The van der Waals surface area contributed by atoms with E-state index in [4.69, 9.17) is 9.47 Å². The van der Waals surface area contributed by atoms with Crippen LogP contribution in [0.1, 0.15) is 20.3 Å². The van der Waals surface area contributed by atoms with Crippen molar-refractivity contribution >= 4 is 41.0 Å². The molecule has 0 saturated heterocycles. The summed E-state index contributed by atoms with van der Waals surface area (Å²) in [6.07, 6.45) is 2.44. The molecule has 3 rings (SSSR count). The molecule has 30 heavy (non-hydrogen) atoms. The summed E-state index contributed by atoms with van der Waals surface area (Å²) in [5, 5.41) is 4.08. The number of nitrogens with one attached hydrogen (secondary N) is 1. The van der Waals surface area contributed by atoms with E-state index in [1.807, 2.05) is 13.8 Å². The first-order chi connectivity index (χ1) is 14.3. The van der Waals surface area contributed by atoms with E-state index in [0.29, 0.717) is 41.8 Å². The van der Waals surface area contributed by atoms with Gasteiger partial charge in [-0.05, 0) is 36.0 Å². The molecule has 8 nitrogen and oxygen atoms in total. The number of imide groups is 1. The van der Waals surface area contributed by atoms with Crippen LogP contribution in [-0.2, 0) is 9.59 Å². The maximum Gasteiger partial charge on any atom is 0.501 e. The van der Waals surface area contributed by atoms with Crippen LogP contribution in [0.4, 0.5) is 10.5 Å². The lowest BCUT2D eigenvalue weighted by atomic mass is 10.1. The van der Waals surface area contributed by atoms with Crippen molar-refractivity contribution in [2.75, 3.05) is 32.6 Å². The van der Waals surface area contributed by atoms with Crippen molar-refractivity contribution < 1.29 is 28.4 Å². The van der Waals surface area contributed by atoms with Crippen LogP contribution < -0.4 is 14.8 Å². The van der Waals surface area contributed by atoms with Crippen molar-refractivity contribution in [3.63, 3.8) is 0 Å². The minimum absolute atomic E-state index is 0.185. The van der Waals surface area contributed by atoms with Crippen LogP contribution in [0.15, 0.2) is 29.7 Å². The lowest BCUT2D eigenvalue weighted by Gasteiger charge is -2.24.